The van der Waals surface area contributed by atoms with Gasteiger partial charge in [0.1, 0.15) is 5.75 Å². The van der Waals surface area contributed by atoms with Crippen LogP contribution in [0, 0.1) is 0 Å². The van der Waals surface area contributed by atoms with Crippen LogP contribution in [0.15, 0.2) is 42.6 Å². The van der Waals surface area contributed by atoms with Crippen molar-refractivity contribution in [3.8, 4) is 5.75 Å². The van der Waals surface area contributed by atoms with Crippen LogP contribution in [0.4, 0.5) is 0 Å². The zero-order valence-corrected chi connectivity index (χ0v) is 11.5. The number of aromatic nitrogens is 1. The molecule has 0 saturated carbocycles. The molecule has 1 aromatic carbocycles. The second-order valence-corrected chi connectivity index (χ2v) is 4.69. The summed E-state index contributed by atoms with van der Waals surface area (Å²) in [4.78, 5) is 4.22. The Balaban J connectivity index is 1.93. The summed E-state index contributed by atoms with van der Waals surface area (Å²) >= 11 is 6.10. The minimum atomic E-state index is -0.528. The Morgan fingerprint density at radius 1 is 1.32 bits per heavy atom. The highest BCUT2D eigenvalue weighted by molar-refractivity contribution is 6.32. The van der Waals surface area contributed by atoms with Gasteiger partial charge in [0.05, 0.1) is 17.7 Å². The zero-order valence-electron chi connectivity index (χ0n) is 10.7. The van der Waals surface area contributed by atoms with Crippen LogP contribution in [-0.4, -0.2) is 16.7 Å². The number of rotatable bonds is 5. The van der Waals surface area contributed by atoms with Gasteiger partial charge in [-0.05, 0) is 36.8 Å². The SMILES string of the molecule is C[C@H](O)c1ccc(OCCc2ccccn2)c(Cl)c1. The minimum absolute atomic E-state index is 0.513. The van der Waals surface area contributed by atoms with Crippen LogP contribution in [0.3, 0.4) is 0 Å². The molecule has 1 heterocycles. The lowest BCUT2D eigenvalue weighted by Crippen LogP contribution is -2.03. The third-order valence-electron chi connectivity index (χ3n) is 2.78. The lowest BCUT2D eigenvalue weighted by molar-refractivity contribution is 0.199. The fraction of sp³-hybridized carbons (Fsp3) is 0.267. The largest absolute Gasteiger partial charge is 0.492 e. The Hall–Kier alpha value is -1.58. The molecule has 0 spiro atoms. The molecule has 2 aromatic rings. The summed E-state index contributed by atoms with van der Waals surface area (Å²) in [5, 5.41) is 9.97. The van der Waals surface area contributed by atoms with E-state index < -0.39 is 6.10 Å². The second kappa shape index (κ2) is 6.55. The van der Waals surface area contributed by atoms with Crippen LogP contribution in [0.2, 0.25) is 5.02 Å². The molecule has 1 atom stereocenters. The molecule has 0 fully saturated rings. The van der Waals surface area contributed by atoms with E-state index in [0.29, 0.717) is 17.4 Å². The normalized spacial score (nSPS) is 12.2. The smallest absolute Gasteiger partial charge is 0.137 e. The summed E-state index contributed by atoms with van der Waals surface area (Å²) < 4.78 is 5.62. The van der Waals surface area contributed by atoms with Crippen LogP contribution in [0.25, 0.3) is 0 Å². The lowest BCUT2D eigenvalue weighted by atomic mass is 10.1. The molecule has 1 aromatic heterocycles. The van der Waals surface area contributed by atoms with Crippen molar-refractivity contribution < 1.29 is 9.84 Å². The molecule has 0 amide bonds. The topological polar surface area (TPSA) is 42.4 Å². The van der Waals surface area contributed by atoms with E-state index in [4.69, 9.17) is 16.3 Å². The van der Waals surface area contributed by atoms with E-state index in [1.54, 1.807) is 25.3 Å². The first-order chi connectivity index (χ1) is 9.16. The molecule has 0 aliphatic heterocycles. The number of pyridine rings is 1. The molecule has 0 aliphatic carbocycles. The van der Waals surface area contributed by atoms with E-state index in [1.165, 1.54) is 0 Å². The van der Waals surface area contributed by atoms with Crippen LogP contribution in [0.5, 0.6) is 5.75 Å². The van der Waals surface area contributed by atoms with E-state index in [9.17, 15) is 5.11 Å². The monoisotopic (exact) mass is 277 g/mol. The molecule has 0 saturated heterocycles. The first-order valence-electron chi connectivity index (χ1n) is 6.17. The lowest BCUT2D eigenvalue weighted by Gasteiger charge is -2.10. The zero-order chi connectivity index (χ0) is 13.7. The molecule has 100 valence electrons. The first-order valence-corrected chi connectivity index (χ1v) is 6.55. The van der Waals surface area contributed by atoms with Gasteiger partial charge in [-0.25, -0.2) is 0 Å². The number of hydrogen-bond acceptors (Lipinski definition) is 3. The van der Waals surface area contributed by atoms with E-state index in [0.717, 1.165) is 17.7 Å². The van der Waals surface area contributed by atoms with Gasteiger partial charge in [0.25, 0.3) is 0 Å². The van der Waals surface area contributed by atoms with Gasteiger partial charge in [-0.1, -0.05) is 23.7 Å². The highest BCUT2D eigenvalue weighted by Gasteiger charge is 2.06. The Kier molecular flexibility index (Phi) is 4.77. The van der Waals surface area contributed by atoms with E-state index >= 15 is 0 Å². The third kappa shape index (κ3) is 3.94. The van der Waals surface area contributed by atoms with Crippen LogP contribution in [-0.2, 0) is 6.42 Å². The molecule has 1 N–H and O–H groups in total. The van der Waals surface area contributed by atoms with Gasteiger partial charge in [-0.15, -0.1) is 0 Å². The van der Waals surface area contributed by atoms with Crippen LogP contribution < -0.4 is 4.74 Å². The predicted molar refractivity (Wildman–Crippen MR) is 75.5 cm³/mol. The molecule has 3 nitrogen and oxygen atoms in total. The molecule has 19 heavy (non-hydrogen) atoms. The average Bonchev–Trinajstić information content (AvgIpc) is 2.41. The van der Waals surface area contributed by atoms with Crippen molar-refractivity contribution in [2.75, 3.05) is 6.61 Å². The summed E-state index contributed by atoms with van der Waals surface area (Å²) in [5.74, 6) is 0.627. The molecular formula is C15H16ClNO2. The number of aliphatic hydroxyl groups is 1. The van der Waals surface area contributed by atoms with Crippen molar-refractivity contribution >= 4 is 11.6 Å². The summed E-state index contributed by atoms with van der Waals surface area (Å²) in [5.41, 5.74) is 1.77. The number of benzene rings is 1. The Labute approximate surface area is 117 Å². The molecular weight excluding hydrogens is 262 g/mol. The number of hydrogen-bond donors (Lipinski definition) is 1. The van der Waals surface area contributed by atoms with Crippen molar-refractivity contribution in [3.05, 3.63) is 58.9 Å². The van der Waals surface area contributed by atoms with Crippen molar-refractivity contribution in [1.82, 2.24) is 4.98 Å². The Morgan fingerprint density at radius 3 is 2.79 bits per heavy atom. The molecule has 0 unspecified atom stereocenters. The van der Waals surface area contributed by atoms with Gasteiger partial charge in [0, 0.05) is 18.3 Å². The van der Waals surface area contributed by atoms with Gasteiger partial charge in [0.15, 0.2) is 0 Å². The maximum absolute atomic E-state index is 9.46. The maximum Gasteiger partial charge on any atom is 0.137 e. The number of ether oxygens (including phenoxy) is 1. The molecule has 0 radical (unpaired) electrons. The number of halogens is 1. The van der Waals surface area contributed by atoms with Crippen molar-refractivity contribution in [2.24, 2.45) is 0 Å². The standard InChI is InChI=1S/C15H16ClNO2/c1-11(18)12-5-6-15(14(16)10-12)19-9-7-13-4-2-3-8-17-13/h2-6,8,10-11,18H,7,9H2,1H3/t11-/m0/s1. The van der Waals surface area contributed by atoms with E-state index in [2.05, 4.69) is 4.98 Å². The third-order valence-corrected chi connectivity index (χ3v) is 3.08. The highest BCUT2D eigenvalue weighted by atomic mass is 35.5. The van der Waals surface area contributed by atoms with Crippen molar-refractivity contribution in [2.45, 2.75) is 19.4 Å². The average molecular weight is 278 g/mol. The molecule has 0 bridgehead atoms. The Morgan fingerprint density at radius 2 is 2.16 bits per heavy atom. The fourth-order valence-corrected chi connectivity index (χ4v) is 1.95. The van der Waals surface area contributed by atoms with Gasteiger partial charge in [0.2, 0.25) is 0 Å². The summed E-state index contributed by atoms with van der Waals surface area (Å²) in [7, 11) is 0. The van der Waals surface area contributed by atoms with Crippen LogP contribution >= 0.6 is 11.6 Å². The number of aliphatic hydroxyl groups excluding tert-OH is 1. The fourth-order valence-electron chi connectivity index (χ4n) is 1.71. The van der Waals surface area contributed by atoms with Crippen molar-refractivity contribution in [3.63, 3.8) is 0 Å². The van der Waals surface area contributed by atoms with E-state index in [-0.39, 0.29) is 0 Å². The molecule has 4 heteroatoms. The Bertz CT molecular complexity index is 529. The first kappa shape index (κ1) is 13.8. The molecule has 2 rings (SSSR count). The quantitative estimate of drug-likeness (QED) is 0.911. The summed E-state index contributed by atoms with van der Waals surface area (Å²) in [6.45, 7) is 2.22. The van der Waals surface area contributed by atoms with Crippen LogP contribution in [0.1, 0.15) is 24.3 Å². The number of nitrogens with zero attached hydrogens (tertiary/aromatic N) is 1. The van der Waals surface area contributed by atoms with Gasteiger partial charge in [-0.2, -0.15) is 0 Å². The van der Waals surface area contributed by atoms with Crippen molar-refractivity contribution in [1.29, 1.82) is 0 Å². The summed E-state index contributed by atoms with van der Waals surface area (Å²) in [6.07, 6.45) is 1.97. The molecule has 0 aliphatic rings. The maximum atomic E-state index is 9.46. The highest BCUT2D eigenvalue weighted by Crippen LogP contribution is 2.27. The van der Waals surface area contributed by atoms with Gasteiger partial charge in [-0.3, -0.25) is 4.98 Å². The predicted octanol–water partition coefficient (Wildman–Crippen LogP) is 3.41. The van der Waals surface area contributed by atoms with E-state index in [1.807, 2.05) is 24.3 Å². The second-order valence-electron chi connectivity index (χ2n) is 4.29. The van der Waals surface area contributed by atoms with Gasteiger partial charge < -0.3 is 9.84 Å². The minimum Gasteiger partial charge on any atom is -0.492 e. The summed E-state index contributed by atoms with van der Waals surface area (Å²) in [6, 6.07) is 11.1. The van der Waals surface area contributed by atoms with Gasteiger partial charge >= 0.3 is 0 Å².